The van der Waals surface area contributed by atoms with Gasteiger partial charge in [0, 0.05) is 57.8 Å². The van der Waals surface area contributed by atoms with Crippen LogP contribution in [0.2, 0.25) is 0 Å². The van der Waals surface area contributed by atoms with Crippen LogP contribution in [-0.2, 0) is 17.9 Å². The van der Waals surface area contributed by atoms with Crippen molar-refractivity contribution in [2.24, 2.45) is 0 Å². The first kappa shape index (κ1) is 16.2. The van der Waals surface area contributed by atoms with E-state index in [0.29, 0.717) is 6.42 Å². The van der Waals surface area contributed by atoms with E-state index in [2.05, 4.69) is 37.1 Å². The molecule has 1 aromatic heterocycles. The van der Waals surface area contributed by atoms with Crippen LogP contribution in [0.15, 0.2) is 30.3 Å². The molecule has 0 spiro atoms. The van der Waals surface area contributed by atoms with Gasteiger partial charge in [0.2, 0.25) is 5.91 Å². The zero-order chi connectivity index (χ0) is 17.1. The first-order valence-corrected chi connectivity index (χ1v) is 8.99. The van der Waals surface area contributed by atoms with E-state index in [4.69, 9.17) is 0 Å². The number of amides is 1. The molecule has 0 atom stereocenters. The van der Waals surface area contributed by atoms with Crippen LogP contribution in [0.25, 0.3) is 11.4 Å². The van der Waals surface area contributed by atoms with Crippen molar-refractivity contribution in [3.63, 3.8) is 0 Å². The second kappa shape index (κ2) is 7.33. The van der Waals surface area contributed by atoms with Crippen LogP contribution in [0.5, 0.6) is 0 Å². The van der Waals surface area contributed by atoms with Crippen LogP contribution in [0.1, 0.15) is 12.2 Å². The Morgan fingerprint density at radius 3 is 2.64 bits per heavy atom. The highest BCUT2D eigenvalue weighted by Gasteiger charge is 2.23. The van der Waals surface area contributed by atoms with Gasteiger partial charge in [0.1, 0.15) is 5.82 Å². The molecule has 4 rings (SSSR count). The van der Waals surface area contributed by atoms with E-state index in [1.807, 2.05) is 23.1 Å². The minimum absolute atomic E-state index is 0.263. The van der Waals surface area contributed by atoms with E-state index in [0.717, 1.165) is 69.6 Å². The Labute approximate surface area is 147 Å². The molecule has 132 valence electrons. The van der Waals surface area contributed by atoms with E-state index >= 15 is 0 Å². The molecule has 0 bridgehead atoms. The maximum Gasteiger partial charge on any atom is 0.223 e. The van der Waals surface area contributed by atoms with Gasteiger partial charge in [0.05, 0.1) is 6.54 Å². The van der Waals surface area contributed by atoms with Crippen LogP contribution >= 0.6 is 0 Å². The number of carbonyl (C=O) groups excluding carboxylic acids is 1. The summed E-state index contributed by atoms with van der Waals surface area (Å²) in [5.41, 5.74) is 1.10. The fourth-order valence-electron chi connectivity index (χ4n) is 3.53. The Morgan fingerprint density at radius 1 is 1.04 bits per heavy atom. The minimum atomic E-state index is 0.263. The van der Waals surface area contributed by atoms with Gasteiger partial charge in [0.15, 0.2) is 5.82 Å². The molecule has 1 N–H and O–H groups in total. The van der Waals surface area contributed by atoms with Crippen LogP contribution in [0.4, 0.5) is 0 Å². The summed E-state index contributed by atoms with van der Waals surface area (Å²) < 4.78 is 2.20. The number of carbonyl (C=O) groups is 1. The van der Waals surface area contributed by atoms with Crippen molar-refractivity contribution in [3.8, 4) is 11.4 Å². The number of nitrogens with zero attached hydrogens (tertiary/aromatic N) is 5. The molecule has 7 nitrogen and oxygen atoms in total. The van der Waals surface area contributed by atoms with Gasteiger partial charge in [-0.3, -0.25) is 9.69 Å². The first-order valence-electron chi connectivity index (χ1n) is 8.99. The van der Waals surface area contributed by atoms with Crippen LogP contribution in [-0.4, -0.2) is 69.7 Å². The van der Waals surface area contributed by atoms with E-state index in [-0.39, 0.29) is 5.91 Å². The summed E-state index contributed by atoms with van der Waals surface area (Å²) in [7, 11) is 0. The molecule has 0 aliphatic carbocycles. The van der Waals surface area contributed by atoms with Crippen LogP contribution < -0.4 is 5.32 Å². The number of aromatic nitrogens is 3. The van der Waals surface area contributed by atoms with Crippen molar-refractivity contribution in [1.82, 2.24) is 29.9 Å². The summed E-state index contributed by atoms with van der Waals surface area (Å²) in [6, 6.07) is 10.2. The van der Waals surface area contributed by atoms with Crippen LogP contribution in [0, 0.1) is 0 Å². The zero-order valence-corrected chi connectivity index (χ0v) is 14.4. The third-order valence-electron chi connectivity index (χ3n) is 4.98. The lowest BCUT2D eigenvalue weighted by molar-refractivity contribution is -0.132. The molecule has 2 aliphatic rings. The number of piperazine rings is 1. The molecule has 0 unspecified atom stereocenters. The Kier molecular flexibility index (Phi) is 4.76. The number of benzene rings is 1. The summed E-state index contributed by atoms with van der Waals surface area (Å²) in [6.45, 7) is 6.81. The SMILES string of the molecule is O=C(CCN1CCn2c(nnc2-c2ccccc2)C1)N1CCNCC1. The molecule has 0 radical (unpaired) electrons. The largest absolute Gasteiger partial charge is 0.340 e. The number of hydrogen-bond acceptors (Lipinski definition) is 5. The smallest absolute Gasteiger partial charge is 0.223 e. The third kappa shape index (κ3) is 3.57. The number of hydrogen-bond donors (Lipinski definition) is 1. The maximum absolute atomic E-state index is 12.3. The van der Waals surface area contributed by atoms with Crippen molar-refractivity contribution in [1.29, 1.82) is 0 Å². The van der Waals surface area contributed by atoms with E-state index in [1.165, 1.54) is 0 Å². The van der Waals surface area contributed by atoms with Crippen LogP contribution in [0.3, 0.4) is 0 Å². The van der Waals surface area contributed by atoms with Crippen molar-refractivity contribution in [3.05, 3.63) is 36.2 Å². The highest BCUT2D eigenvalue weighted by molar-refractivity contribution is 5.76. The topological polar surface area (TPSA) is 66.3 Å². The minimum Gasteiger partial charge on any atom is -0.340 e. The molecule has 2 aliphatic heterocycles. The fraction of sp³-hybridized carbons (Fsp3) is 0.500. The molecule has 2 aromatic rings. The normalized spacial score (nSPS) is 18.2. The summed E-state index contributed by atoms with van der Waals surface area (Å²) in [4.78, 5) is 16.6. The van der Waals surface area contributed by atoms with Gasteiger partial charge >= 0.3 is 0 Å². The molecule has 25 heavy (non-hydrogen) atoms. The lowest BCUT2D eigenvalue weighted by Crippen LogP contribution is -2.47. The van der Waals surface area contributed by atoms with Crippen molar-refractivity contribution >= 4 is 5.91 Å². The highest BCUT2D eigenvalue weighted by atomic mass is 16.2. The Balaban J connectivity index is 1.36. The third-order valence-corrected chi connectivity index (χ3v) is 4.98. The molecule has 1 fully saturated rings. The predicted octanol–water partition coefficient (Wildman–Crippen LogP) is 0.583. The summed E-state index contributed by atoms with van der Waals surface area (Å²) >= 11 is 0. The quantitative estimate of drug-likeness (QED) is 0.882. The Hall–Kier alpha value is -2.25. The molecule has 3 heterocycles. The molecule has 0 saturated carbocycles. The monoisotopic (exact) mass is 340 g/mol. The van der Waals surface area contributed by atoms with Gasteiger partial charge in [-0.1, -0.05) is 30.3 Å². The number of nitrogens with one attached hydrogen (secondary N) is 1. The molecular weight excluding hydrogens is 316 g/mol. The first-order chi connectivity index (χ1) is 12.3. The Morgan fingerprint density at radius 2 is 1.84 bits per heavy atom. The van der Waals surface area contributed by atoms with Crippen molar-refractivity contribution in [2.75, 3.05) is 39.3 Å². The van der Waals surface area contributed by atoms with E-state index < -0.39 is 0 Å². The van der Waals surface area contributed by atoms with Crippen molar-refractivity contribution in [2.45, 2.75) is 19.5 Å². The van der Waals surface area contributed by atoms with Gasteiger partial charge in [-0.15, -0.1) is 10.2 Å². The van der Waals surface area contributed by atoms with Crippen molar-refractivity contribution < 1.29 is 4.79 Å². The molecule has 7 heteroatoms. The summed E-state index contributed by atoms with van der Waals surface area (Å²) in [6.07, 6.45) is 0.583. The second-order valence-electron chi connectivity index (χ2n) is 6.61. The van der Waals surface area contributed by atoms with Gasteiger partial charge in [-0.05, 0) is 0 Å². The van der Waals surface area contributed by atoms with E-state index in [1.54, 1.807) is 0 Å². The maximum atomic E-state index is 12.3. The fourth-order valence-corrected chi connectivity index (χ4v) is 3.53. The summed E-state index contributed by atoms with van der Waals surface area (Å²) in [5.74, 6) is 2.19. The Bertz CT molecular complexity index is 722. The summed E-state index contributed by atoms with van der Waals surface area (Å²) in [5, 5.41) is 12.0. The molecule has 1 saturated heterocycles. The second-order valence-corrected chi connectivity index (χ2v) is 6.61. The van der Waals surface area contributed by atoms with Gasteiger partial charge < -0.3 is 14.8 Å². The molecule has 1 aromatic carbocycles. The average molecular weight is 340 g/mol. The highest BCUT2D eigenvalue weighted by Crippen LogP contribution is 2.21. The van der Waals surface area contributed by atoms with Gasteiger partial charge in [-0.25, -0.2) is 0 Å². The van der Waals surface area contributed by atoms with E-state index in [9.17, 15) is 4.79 Å². The number of rotatable bonds is 4. The van der Waals surface area contributed by atoms with Gasteiger partial charge in [0.25, 0.3) is 0 Å². The lowest BCUT2D eigenvalue weighted by atomic mass is 10.2. The number of fused-ring (bicyclic) bond motifs is 1. The molecule has 1 amide bonds. The predicted molar refractivity (Wildman–Crippen MR) is 94.8 cm³/mol. The molecular formula is C18H24N6O. The lowest BCUT2D eigenvalue weighted by Gasteiger charge is -2.30. The average Bonchev–Trinajstić information content (AvgIpc) is 3.10. The standard InChI is InChI=1S/C18H24N6O/c25-17(23-10-7-19-8-11-23)6-9-22-12-13-24-16(14-22)20-21-18(24)15-4-2-1-3-5-15/h1-5,19H,6-14H2. The zero-order valence-electron chi connectivity index (χ0n) is 14.4. The van der Waals surface area contributed by atoms with Gasteiger partial charge in [-0.2, -0.15) is 0 Å².